The summed E-state index contributed by atoms with van der Waals surface area (Å²) in [5.74, 6) is 0.479. The van der Waals surface area contributed by atoms with Crippen molar-refractivity contribution in [1.82, 2.24) is 0 Å². The third-order valence-corrected chi connectivity index (χ3v) is 4.96. The molecule has 0 aliphatic carbocycles. The molecule has 126 valence electrons. The fraction of sp³-hybridized carbons (Fsp3) is 0. The molecule has 0 saturated heterocycles. The Morgan fingerprint density at radius 3 is 1.40 bits per heavy atom. The Bertz CT molecular complexity index is 817. The lowest BCUT2D eigenvalue weighted by molar-refractivity contribution is 0.210. The maximum absolute atomic E-state index is 12.8. The number of nitrogens with zero attached hydrogens (tertiary/aromatic N) is 1. The van der Waals surface area contributed by atoms with E-state index in [2.05, 4.69) is 47.8 Å². The van der Waals surface area contributed by atoms with Crippen molar-refractivity contribution >= 4 is 65.3 Å². The van der Waals surface area contributed by atoms with Crippen LogP contribution in [0, 0.1) is 0 Å². The van der Waals surface area contributed by atoms with Crippen LogP contribution in [0.25, 0.3) is 0 Å². The molecule has 3 aromatic rings. The van der Waals surface area contributed by atoms with E-state index in [-0.39, 0.29) is 0 Å². The highest BCUT2D eigenvalue weighted by Gasteiger charge is 2.20. The van der Waals surface area contributed by atoms with Crippen molar-refractivity contribution in [3.8, 4) is 5.75 Å². The summed E-state index contributed by atoms with van der Waals surface area (Å²) in [6.07, 6.45) is -0.480. The fourth-order valence-electron chi connectivity index (χ4n) is 2.19. The smallest absolute Gasteiger partial charge is 0.410 e. The highest BCUT2D eigenvalue weighted by atomic mass is 79.9. The Kier molecular flexibility index (Phi) is 5.93. The molecule has 6 heteroatoms. The van der Waals surface area contributed by atoms with Crippen molar-refractivity contribution < 1.29 is 9.53 Å². The molecule has 0 aromatic heterocycles. The number of ether oxygens (including phenoxy) is 1. The molecule has 0 aliphatic rings. The van der Waals surface area contributed by atoms with E-state index >= 15 is 0 Å². The molecule has 0 spiro atoms. The summed E-state index contributed by atoms with van der Waals surface area (Å²) in [5, 5.41) is 0. The number of hydrogen-bond acceptors (Lipinski definition) is 2. The predicted molar refractivity (Wildman–Crippen MR) is 111 cm³/mol. The van der Waals surface area contributed by atoms with Gasteiger partial charge in [0.2, 0.25) is 0 Å². The second-order valence-electron chi connectivity index (χ2n) is 5.11. The summed E-state index contributed by atoms with van der Waals surface area (Å²) in [5.41, 5.74) is 1.43. The largest absolute Gasteiger partial charge is 0.424 e. The quantitative estimate of drug-likeness (QED) is 0.359. The fourth-order valence-corrected chi connectivity index (χ4v) is 2.98. The molecule has 0 unspecified atom stereocenters. The Balaban J connectivity index is 1.94. The van der Waals surface area contributed by atoms with Crippen LogP contribution in [0.3, 0.4) is 0 Å². The maximum Gasteiger partial charge on any atom is 0.424 e. The minimum absolute atomic E-state index is 0.479. The Morgan fingerprint density at radius 2 is 1.00 bits per heavy atom. The molecule has 3 rings (SSSR count). The van der Waals surface area contributed by atoms with E-state index in [1.54, 1.807) is 12.1 Å². The van der Waals surface area contributed by atoms with Crippen molar-refractivity contribution in [2.24, 2.45) is 0 Å². The van der Waals surface area contributed by atoms with Gasteiger partial charge in [-0.05, 0) is 72.8 Å². The lowest BCUT2D eigenvalue weighted by Gasteiger charge is -2.22. The van der Waals surface area contributed by atoms with Crippen molar-refractivity contribution in [2.75, 3.05) is 4.90 Å². The average molecular weight is 526 g/mol. The Morgan fingerprint density at radius 1 is 0.640 bits per heavy atom. The van der Waals surface area contributed by atoms with Gasteiger partial charge in [-0.15, -0.1) is 0 Å². The normalized spacial score (nSPS) is 10.4. The van der Waals surface area contributed by atoms with E-state index in [1.165, 1.54) is 4.90 Å². The first-order valence-electron chi connectivity index (χ1n) is 7.31. The van der Waals surface area contributed by atoms with E-state index in [9.17, 15) is 4.79 Å². The molecular weight excluding hydrogens is 514 g/mol. The van der Waals surface area contributed by atoms with Gasteiger partial charge in [0.15, 0.2) is 0 Å². The van der Waals surface area contributed by atoms with Crippen LogP contribution in [0.4, 0.5) is 16.2 Å². The van der Waals surface area contributed by atoms with Crippen LogP contribution in [0.2, 0.25) is 0 Å². The third kappa shape index (κ3) is 4.71. The molecule has 25 heavy (non-hydrogen) atoms. The van der Waals surface area contributed by atoms with Crippen molar-refractivity contribution in [1.29, 1.82) is 0 Å². The van der Waals surface area contributed by atoms with Crippen LogP contribution in [0.5, 0.6) is 5.75 Å². The first-order valence-corrected chi connectivity index (χ1v) is 9.69. The van der Waals surface area contributed by atoms with Crippen LogP contribution in [0.1, 0.15) is 0 Å². The van der Waals surface area contributed by atoms with Crippen molar-refractivity contribution in [3.63, 3.8) is 0 Å². The molecule has 3 aromatic carbocycles. The van der Waals surface area contributed by atoms with Gasteiger partial charge >= 0.3 is 6.09 Å². The molecule has 0 aliphatic heterocycles. The Labute approximate surface area is 171 Å². The number of rotatable bonds is 3. The summed E-state index contributed by atoms with van der Waals surface area (Å²) < 4.78 is 8.34. The zero-order chi connectivity index (χ0) is 17.8. The Hall–Kier alpha value is -1.63. The highest BCUT2D eigenvalue weighted by molar-refractivity contribution is 9.11. The number of amides is 1. The van der Waals surface area contributed by atoms with Gasteiger partial charge in [0, 0.05) is 13.4 Å². The lowest BCUT2D eigenvalue weighted by Crippen LogP contribution is -2.29. The summed E-state index contributed by atoms with van der Waals surface area (Å²) in [6, 6.07) is 22.1. The highest BCUT2D eigenvalue weighted by Crippen LogP contribution is 2.29. The molecule has 0 bridgehead atoms. The second-order valence-corrected chi connectivity index (χ2v) is 7.86. The average Bonchev–Trinajstić information content (AvgIpc) is 2.60. The number of benzene rings is 3. The van der Waals surface area contributed by atoms with Gasteiger partial charge < -0.3 is 4.74 Å². The lowest BCUT2D eigenvalue weighted by atomic mass is 10.2. The van der Waals surface area contributed by atoms with E-state index in [0.717, 1.165) is 13.4 Å². The topological polar surface area (TPSA) is 29.5 Å². The minimum Gasteiger partial charge on any atom is -0.410 e. The summed E-state index contributed by atoms with van der Waals surface area (Å²) in [4.78, 5) is 14.4. The van der Waals surface area contributed by atoms with Gasteiger partial charge in [-0.1, -0.05) is 47.8 Å². The number of halogens is 3. The van der Waals surface area contributed by atoms with Crippen LogP contribution in [-0.4, -0.2) is 6.09 Å². The first-order chi connectivity index (χ1) is 12.0. The van der Waals surface area contributed by atoms with Gasteiger partial charge in [0.25, 0.3) is 0 Å². The molecular formula is C19H12Br3NO2. The predicted octanol–water partition coefficient (Wildman–Crippen LogP) is 7.31. The SMILES string of the molecule is O=C(Oc1ccc(Br)cc1)N(c1ccc(Br)cc1)c1ccc(Br)cc1. The van der Waals surface area contributed by atoms with Gasteiger partial charge in [-0.2, -0.15) is 0 Å². The molecule has 0 heterocycles. The standard InChI is InChI=1S/C19H12Br3NO2/c20-13-1-7-16(8-2-13)23(17-9-3-14(21)4-10-17)19(24)25-18-11-5-15(22)6-12-18/h1-12H. The monoisotopic (exact) mass is 523 g/mol. The van der Waals surface area contributed by atoms with E-state index in [1.807, 2.05) is 60.7 Å². The van der Waals surface area contributed by atoms with Crippen LogP contribution < -0.4 is 9.64 Å². The molecule has 3 nitrogen and oxygen atoms in total. The van der Waals surface area contributed by atoms with Crippen LogP contribution >= 0.6 is 47.8 Å². The minimum atomic E-state index is -0.480. The summed E-state index contributed by atoms with van der Waals surface area (Å²) >= 11 is 10.2. The van der Waals surface area contributed by atoms with Gasteiger partial charge in [-0.3, -0.25) is 0 Å². The van der Waals surface area contributed by atoms with Gasteiger partial charge in [-0.25, -0.2) is 9.69 Å². The van der Waals surface area contributed by atoms with E-state index < -0.39 is 6.09 Å². The van der Waals surface area contributed by atoms with Gasteiger partial charge in [0.05, 0.1) is 11.4 Å². The van der Waals surface area contributed by atoms with Crippen molar-refractivity contribution in [2.45, 2.75) is 0 Å². The summed E-state index contributed by atoms with van der Waals surface area (Å²) in [7, 11) is 0. The molecule has 0 N–H and O–H groups in total. The van der Waals surface area contributed by atoms with E-state index in [4.69, 9.17) is 4.74 Å². The summed E-state index contributed by atoms with van der Waals surface area (Å²) in [6.45, 7) is 0. The molecule has 0 radical (unpaired) electrons. The second kappa shape index (κ2) is 8.17. The zero-order valence-corrected chi connectivity index (χ0v) is 17.6. The van der Waals surface area contributed by atoms with Crippen LogP contribution in [-0.2, 0) is 0 Å². The zero-order valence-electron chi connectivity index (χ0n) is 12.8. The maximum atomic E-state index is 12.8. The third-order valence-electron chi connectivity index (χ3n) is 3.37. The van der Waals surface area contributed by atoms with Crippen LogP contribution in [0.15, 0.2) is 86.2 Å². The molecule has 0 fully saturated rings. The number of hydrogen-bond donors (Lipinski definition) is 0. The van der Waals surface area contributed by atoms with Gasteiger partial charge in [0.1, 0.15) is 5.75 Å². The molecule has 0 atom stereocenters. The van der Waals surface area contributed by atoms with Crippen molar-refractivity contribution in [3.05, 3.63) is 86.2 Å². The number of carbonyl (C=O) groups is 1. The number of anilines is 2. The van der Waals surface area contributed by atoms with E-state index in [0.29, 0.717) is 17.1 Å². The molecule has 0 saturated carbocycles. The first kappa shape index (κ1) is 18.2. The number of carbonyl (C=O) groups excluding carboxylic acids is 1. The molecule has 1 amide bonds.